The van der Waals surface area contributed by atoms with Crippen LogP contribution in [-0.4, -0.2) is 17.1 Å². The molecule has 21 heavy (non-hydrogen) atoms. The minimum Gasteiger partial charge on any atom is -0.497 e. The number of nitrogens with one attached hydrogen (secondary N) is 1. The van der Waals surface area contributed by atoms with E-state index in [2.05, 4.69) is 15.3 Å². The van der Waals surface area contributed by atoms with Crippen molar-refractivity contribution in [1.82, 2.24) is 9.97 Å². The summed E-state index contributed by atoms with van der Waals surface area (Å²) in [5, 5.41) is 4.25. The Morgan fingerprint density at radius 3 is 2.52 bits per heavy atom. The van der Waals surface area contributed by atoms with Crippen LogP contribution >= 0.6 is 0 Å². The number of nitrogens with zero attached hydrogens (tertiary/aromatic N) is 2. The first-order valence-corrected chi connectivity index (χ1v) is 6.65. The summed E-state index contributed by atoms with van der Waals surface area (Å²) in [6.07, 6.45) is 0. The third-order valence-electron chi connectivity index (χ3n) is 3.21. The quantitative estimate of drug-likeness (QED) is 0.768. The molecule has 2 heterocycles. The van der Waals surface area contributed by atoms with Gasteiger partial charge in [0, 0.05) is 11.9 Å². The van der Waals surface area contributed by atoms with E-state index in [0.29, 0.717) is 18.0 Å². The number of aromatic nitrogens is 2. The molecule has 3 rings (SSSR count). The molecule has 0 saturated carbocycles. The maximum absolute atomic E-state index is 5.68. The van der Waals surface area contributed by atoms with Gasteiger partial charge < -0.3 is 15.8 Å². The number of fused-ring (bicyclic) bond motifs is 1. The third-order valence-corrected chi connectivity index (χ3v) is 3.21. The fraction of sp³-hybridized carbons (Fsp3) is 0.125. The summed E-state index contributed by atoms with van der Waals surface area (Å²) in [4.78, 5) is 8.68. The highest BCUT2D eigenvalue weighted by Gasteiger charge is 2.01. The summed E-state index contributed by atoms with van der Waals surface area (Å²) in [6, 6.07) is 15.5. The monoisotopic (exact) mass is 280 g/mol. The minimum absolute atomic E-state index is 0.474. The van der Waals surface area contributed by atoms with Crippen LogP contribution in [0.1, 0.15) is 5.56 Å². The van der Waals surface area contributed by atoms with E-state index in [1.165, 1.54) is 0 Å². The van der Waals surface area contributed by atoms with Crippen LogP contribution < -0.4 is 15.8 Å². The second-order valence-corrected chi connectivity index (χ2v) is 4.68. The van der Waals surface area contributed by atoms with Gasteiger partial charge in [-0.2, -0.15) is 0 Å². The molecular formula is C16H16N4O. The van der Waals surface area contributed by atoms with Crippen LogP contribution in [0.25, 0.3) is 11.0 Å². The molecule has 0 aliphatic heterocycles. The summed E-state index contributed by atoms with van der Waals surface area (Å²) in [7, 11) is 1.66. The molecule has 0 unspecified atom stereocenters. The number of rotatable bonds is 4. The predicted molar refractivity (Wildman–Crippen MR) is 84.3 cm³/mol. The van der Waals surface area contributed by atoms with Crippen molar-refractivity contribution in [3.63, 3.8) is 0 Å². The maximum atomic E-state index is 5.68. The van der Waals surface area contributed by atoms with E-state index in [0.717, 1.165) is 22.5 Å². The molecule has 0 amide bonds. The van der Waals surface area contributed by atoms with Crippen LogP contribution in [-0.2, 0) is 6.54 Å². The highest BCUT2D eigenvalue weighted by atomic mass is 16.5. The number of anilines is 2. The Balaban J connectivity index is 1.74. The van der Waals surface area contributed by atoms with Crippen molar-refractivity contribution in [2.75, 3.05) is 18.2 Å². The first kappa shape index (κ1) is 13.2. The summed E-state index contributed by atoms with van der Waals surface area (Å²) in [5.74, 6) is 2.10. The van der Waals surface area contributed by atoms with Gasteiger partial charge in [-0.3, -0.25) is 0 Å². The molecule has 3 aromatic rings. The van der Waals surface area contributed by atoms with Crippen molar-refractivity contribution in [2.45, 2.75) is 6.54 Å². The fourth-order valence-electron chi connectivity index (χ4n) is 2.05. The Hall–Kier alpha value is -2.82. The SMILES string of the molecule is COc1ccc(CNc2ccc3ccc(N)nc3n2)cc1. The van der Waals surface area contributed by atoms with Gasteiger partial charge in [-0.1, -0.05) is 12.1 Å². The Morgan fingerprint density at radius 2 is 1.76 bits per heavy atom. The number of pyridine rings is 2. The molecule has 5 heteroatoms. The summed E-state index contributed by atoms with van der Waals surface area (Å²) < 4.78 is 5.14. The van der Waals surface area contributed by atoms with Crippen LogP contribution in [0.5, 0.6) is 5.75 Å². The van der Waals surface area contributed by atoms with E-state index < -0.39 is 0 Å². The summed E-state index contributed by atoms with van der Waals surface area (Å²) >= 11 is 0. The first-order valence-electron chi connectivity index (χ1n) is 6.65. The standard InChI is InChI=1S/C16H16N4O/c1-21-13-6-2-11(3-7-13)10-18-15-9-5-12-4-8-14(17)19-16(12)20-15/h2-9H,10H2,1H3,(H3,17,18,19,20). The predicted octanol–water partition coefficient (Wildman–Crippen LogP) is 2.83. The van der Waals surface area contributed by atoms with Crippen LogP contribution in [0.4, 0.5) is 11.6 Å². The molecule has 0 atom stereocenters. The van der Waals surface area contributed by atoms with Crippen molar-refractivity contribution in [1.29, 1.82) is 0 Å². The van der Waals surface area contributed by atoms with Crippen LogP contribution in [0, 0.1) is 0 Å². The average molecular weight is 280 g/mol. The average Bonchev–Trinajstić information content (AvgIpc) is 2.53. The van der Waals surface area contributed by atoms with Gasteiger partial charge in [-0.15, -0.1) is 0 Å². The van der Waals surface area contributed by atoms with Gasteiger partial charge in [-0.05, 0) is 42.0 Å². The molecule has 1 aromatic carbocycles. The minimum atomic E-state index is 0.474. The van der Waals surface area contributed by atoms with Crippen molar-refractivity contribution in [2.24, 2.45) is 0 Å². The Kier molecular flexibility index (Phi) is 3.55. The van der Waals surface area contributed by atoms with E-state index in [1.807, 2.05) is 42.5 Å². The normalized spacial score (nSPS) is 10.5. The van der Waals surface area contributed by atoms with Crippen molar-refractivity contribution in [3.8, 4) is 5.75 Å². The second-order valence-electron chi connectivity index (χ2n) is 4.68. The number of methoxy groups -OCH3 is 1. The molecule has 0 spiro atoms. The summed E-state index contributed by atoms with van der Waals surface area (Å²) in [6.45, 7) is 0.685. The fourth-order valence-corrected chi connectivity index (χ4v) is 2.05. The Labute approximate surface area is 122 Å². The highest BCUT2D eigenvalue weighted by Crippen LogP contribution is 2.16. The maximum Gasteiger partial charge on any atom is 0.163 e. The highest BCUT2D eigenvalue weighted by molar-refractivity contribution is 5.77. The van der Waals surface area contributed by atoms with Crippen molar-refractivity contribution in [3.05, 3.63) is 54.1 Å². The molecule has 106 valence electrons. The van der Waals surface area contributed by atoms with Gasteiger partial charge in [0.05, 0.1) is 7.11 Å². The van der Waals surface area contributed by atoms with Crippen LogP contribution in [0.2, 0.25) is 0 Å². The van der Waals surface area contributed by atoms with Crippen LogP contribution in [0.15, 0.2) is 48.5 Å². The summed E-state index contributed by atoms with van der Waals surface area (Å²) in [5.41, 5.74) is 7.48. The first-order chi connectivity index (χ1) is 10.2. The van der Waals surface area contributed by atoms with E-state index in [1.54, 1.807) is 13.2 Å². The lowest BCUT2D eigenvalue weighted by atomic mass is 10.2. The van der Waals surface area contributed by atoms with E-state index in [4.69, 9.17) is 10.5 Å². The van der Waals surface area contributed by atoms with Gasteiger partial charge in [-0.25, -0.2) is 9.97 Å². The molecule has 0 saturated heterocycles. The van der Waals surface area contributed by atoms with Gasteiger partial charge in [0.1, 0.15) is 17.4 Å². The van der Waals surface area contributed by atoms with Crippen LogP contribution in [0.3, 0.4) is 0 Å². The van der Waals surface area contributed by atoms with Gasteiger partial charge >= 0.3 is 0 Å². The molecular weight excluding hydrogens is 264 g/mol. The molecule has 0 aliphatic carbocycles. The third kappa shape index (κ3) is 3.02. The van der Waals surface area contributed by atoms with Crippen molar-refractivity contribution < 1.29 is 4.74 Å². The number of hydrogen-bond acceptors (Lipinski definition) is 5. The van der Waals surface area contributed by atoms with Crippen molar-refractivity contribution >= 4 is 22.7 Å². The molecule has 5 nitrogen and oxygen atoms in total. The zero-order valence-electron chi connectivity index (χ0n) is 11.7. The van der Waals surface area contributed by atoms with Gasteiger partial charge in [0.15, 0.2) is 5.65 Å². The number of hydrogen-bond donors (Lipinski definition) is 2. The lowest BCUT2D eigenvalue weighted by Gasteiger charge is -2.07. The number of benzene rings is 1. The molecule has 0 bridgehead atoms. The Morgan fingerprint density at radius 1 is 1.00 bits per heavy atom. The van der Waals surface area contributed by atoms with Gasteiger partial charge in [0.25, 0.3) is 0 Å². The molecule has 3 N–H and O–H groups in total. The lowest BCUT2D eigenvalue weighted by molar-refractivity contribution is 0.414. The molecule has 0 aliphatic rings. The molecule has 0 radical (unpaired) electrons. The largest absolute Gasteiger partial charge is 0.497 e. The number of nitrogen functional groups attached to an aromatic ring is 1. The zero-order valence-corrected chi connectivity index (χ0v) is 11.7. The number of nitrogens with two attached hydrogens (primary N) is 1. The zero-order chi connectivity index (χ0) is 14.7. The molecule has 2 aromatic heterocycles. The Bertz CT molecular complexity index is 756. The second kappa shape index (κ2) is 5.66. The van der Waals surface area contributed by atoms with E-state index in [9.17, 15) is 0 Å². The topological polar surface area (TPSA) is 73.1 Å². The van der Waals surface area contributed by atoms with Gasteiger partial charge in [0.2, 0.25) is 0 Å². The lowest BCUT2D eigenvalue weighted by Crippen LogP contribution is -2.02. The van der Waals surface area contributed by atoms with E-state index in [-0.39, 0.29) is 0 Å². The molecule has 0 fully saturated rings. The number of ether oxygens (including phenoxy) is 1. The smallest absolute Gasteiger partial charge is 0.163 e. The van der Waals surface area contributed by atoms with E-state index >= 15 is 0 Å².